The van der Waals surface area contributed by atoms with E-state index in [1.54, 1.807) is 11.3 Å². The van der Waals surface area contributed by atoms with Crippen LogP contribution in [0.3, 0.4) is 0 Å². The normalized spacial score (nSPS) is 11.0. The van der Waals surface area contributed by atoms with Gasteiger partial charge in [-0.25, -0.2) is 4.98 Å². The second kappa shape index (κ2) is 8.89. The highest BCUT2D eigenvalue weighted by Crippen LogP contribution is 2.24. The molecule has 21 heavy (non-hydrogen) atoms. The third-order valence-corrected chi connectivity index (χ3v) is 3.91. The van der Waals surface area contributed by atoms with Gasteiger partial charge in [-0.15, -0.1) is 11.3 Å². The fourth-order valence-corrected chi connectivity index (χ4v) is 2.80. The minimum Gasteiger partial charge on any atom is -0.379 e. The predicted octanol–water partition coefficient (Wildman–Crippen LogP) is 2.86. The smallest absolute Gasteiger partial charge is 0.123 e. The number of nitrogens with two attached hydrogens (primary N) is 1. The van der Waals surface area contributed by atoms with Gasteiger partial charge in [0.05, 0.1) is 25.5 Å². The van der Waals surface area contributed by atoms with Gasteiger partial charge in [-0.3, -0.25) is 0 Å². The Morgan fingerprint density at radius 1 is 1.24 bits per heavy atom. The van der Waals surface area contributed by atoms with Crippen LogP contribution in [0.1, 0.15) is 18.2 Å². The third-order valence-electron chi connectivity index (χ3n) is 2.97. The van der Waals surface area contributed by atoms with E-state index < -0.39 is 0 Å². The quantitative estimate of drug-likeness (QED) is 0.724. The third kappa shape index (κ3) is 5.21. The second-order valence-corrected chi connectivity index (χ2v) is 5.49. The zero-order valence-electron chi connectivity index (χ0n) is 12.4. The maximum absolute atomic E-state index is 5.60. The number of aromatic nitrogens is 1. The van der Waals surface area contributed by atoms with Crippen LogP contribution in [0, 0.1) is 0 Å². The highest BCUT2D eigenvalue weighted by Gasteiger charge is 2.05. The maximum atomic E-state index is 5.60. The first-order valence-electron chi connectivity index (χ1n) is 7.22. The Kier molecular flexibility index (Phi) is 6.82. The second-order valence-electron chi connectivity index (χ2n) is 4.63. The SMILES string of the molecule is CCOCCOCc1cccc(-c2nc(CCN)cs2)c1. The molecule has 1 aromatic carbocycles. The fraction of sp³-hybridized carbons (Fsp3) is 0.438. The number of thiazole rings is 1. The van der Waals surface area contributed by atoms with Gasteiger partial charge < -0.3 is 15.2 Å². The molecule has 0 amide bonds. The molecular weight excluding hydrogens is 284 g/mol. The van der Waals surface area contributed by atoms with Gasteiger partial charge in [0.15, 0.2) is 0 Å². The van der Waals surface area contributed by atoms with E-state index in [0.717, 1.165) is 34.9 Å². The molecule has 0 aliphatic rings. The van der Waals surface area contributed by atoms with E-state index in [1.807, 2.05) is 13.0 Å². The summed E-state index contributed by atoms with van der Waals surface area (Å²) in [5.41, 5.74) is 8.91. The Bertz CT molecular complexity index is 543. The van der Waals surface area contributed by atoms with Crippen LogP contribution in [-0.2, 0) is 22.5 Å². The predicted molar refractivity (Wildman–Crippen MR) is 86.5 cm³/mol. The van der Waals surface area contributed by atoms with Gasteiger partial charge in [-0.1, -0.05) is 18.2 Å². The lowest BCUT2D eigenvalue weighted by atomic mass is 10.1. The van der Waals surface area contributed by atoms with Gasteiger partial charge in [0.1, 0.15) is 5.01 Å². The van der Waals surface area contributed by atoms with Gasteiger partial charge in [-0.2, -0.15) is 0 Å². The molecule has 0 saturated heterocycles. The Labute approximate surface area is 129 Å². The summed E-state index contributed by atoms with van der Waals surface area (Å²) in [6.07, 6.45) is 0.830. The lowest BCUT2D eigenvalue weighted by Crippen LogP contribution is -2.04. The monoisotopic (exact) mass is 306 g/mol. The first kappa shape index (κ1) is 16.1. The lowest BCUT2D eigenvalue weighted by Gasteiger charge is -2.06. The highest BCUT2D eigenvalue weighted by molar-refractivity contribution is 7.13. The molecule has 1 aromatic heterocycles. The van der Waals surface area contributed by atoms with Gasteiger partial charge in [0.2, 0.25) is 0 Å². The zero-order chi connectivity index (χ0) is 14.9. The Hall–Kier alpha value is -1.27. The van der Waals surface area contributed by atoms with Crippen LogP contribution < -0.4 is 5.73 Å². The highest BCUT2D eigenvalue weighted by atomic mass is 32.1. The van der Waals surface area contributed by atoms with Crippen LogP contribution in [0.2, 0.25) is 0 Å². The molecule has 0 radical (unpaired) electrons. The summed E-state index contributed by atoms with van der Waals surface area (Å²) < 4.78 is 10.8. The number of hydrogen-bond acceptors (Lipinski definition) is 5. The molecule has 5 heteroatoms. The molecule has 0 aliphatic carbocycles. The van der Waals surface area contributed by atoms with Crippen molar-refractivity contribution in [3.8, 4) is 10.6 Å². The van der Waals surface area contributed by atoms with Crippen LogP contribution in [0.5, 0.6) is 0 Å². The van der Waals surface area contributed by atoms with E-state index in [-0.39, 0.29) is 0 Å². The number of ether oxygens (including phenoxy) is 2. The van der Waals surface area contributed by atoms with E-state index in [9.17, 15) is 0 Å². The fourth-order valence-electron chi connectivity index (χ4n) is 1.95. The van der Waals surface area contributed by atoms with Crippen molar-refractivity contribution in [2.45, 2.75) is 20.0 Å². The van der Waals surface area contributed by atoms with E-state index in [2.05, 4.69) is 28.6 Å². The molecule has 2 rings (SSSR count). The van der Waals surface area contributed by atoms with Crippen LogP contribution >= 0.6 is 11.3 Å². The molecule has 4 nitrogen and oxygen atoms in total. The van der Waals surface area contributed by atoms with Crippen LogP contribution in [0.25, 0.3) is 10.6 Å². The van der Waals surface area contributed by atoms with Crippen molar-refractivity contribution >= 4 is 11.3 Å². The molecule has 1 heterocycles. The first-order chi connectivity index (χ1) is 10.3. The van der Waals surface area contributed by atoms with Crippen molar-refractivity contribution in [3.63, 3.8) is 0 Å². The van der Waals surface area contributed by atoms with Crippen molar-refractivity contribution in [2.75, 3.05) is 26.4 Å². The molecule has 0 bridgehead atoms. The summed E-state index contributed by atoms with van der Waals surface area (Å²) in [6.45, 7) is 5.21. The van der Waals surface area contributed by atoms with Crippen molar-refractivity contribution in [1.82, 2.24) is 4.98 Å². The average Bonchev–Trinajstić information content (AvgIpc) is 2.97. The summed E-state index contributed by atoms with van der Waals surface area (Å²) in [7, 11) is 0. The van der Waals surface area contributed by atoms with E-state index >= 15 is 0 Å². The summed E-state index contributed by atoms with van der Waals surface area (Å²) >= 11 is 1.66. The molecule has 114 valence electrons. The van der Waals surface area contributed by atoms with Gasteiger partial charge in [0.25, 0.3) is 0 Å². The van der Waals surface area contributed by atoms with Gasteiger partial charge >= 0.3 is 0 Å². The standard InChI is InChI=1S/C16H22N2O2S/c1-2-19-8-9-20-11-13-4-3-5-14(10-13)16-18-15(6-7-17)12-21-16/h3-5,10,12H,2,6-9,11,17H2,1H3. The number of rotatable bonds is 9. The Morgan fingerprint density at radius 2 is 2.10 bits per heavy atom. The summed E-state index contributed by atoms with van der Waals surface area (Å²) in [5, 5.41) is 3.11. The van der Waals surface area contributed by atoms with Crippen LogP contribution in [0.4, 0.5) is 0 Å². The minimum atomic E-state index is 0.599. The van der Waals surface area contributed by atoms with E-state index in [1.165, 1.54) is 0 Å². The molecule has 0 fully saturated rings. The topological polar surface area (TPSA) is 57.4 Å². The molecular formula is C16H22N2O2S. The molecule has 0 aliphatic heterocycles. The van der Waals surface area contributed by atoms with E-state index in [4.69, 9.17) is 15.2 Å². The summed E-state index contributed by atoms with van der Waals surface area (Å²) in [6, 6.07) is 8.32. The van der Waals surface area contributed by atoms with Crippen LogP contribution in [-0.4, -0.2) is 31.3 Å². The maximum Gasteiger partial charge on any atom is 0.123 e. The Balaban J connectivity index is 1.93. The molecule has 0 atom stereocenters. The number of nitrogens with zero attached hydrogens (tertiary/aromatic N) is 1. The summed E-state index contributed by atoms with van der Waals surface area (Å²) in [4.78, 5) is 4.61. The van der Waals surface area contributed by atoms with Gasteiger partial charge in [-0.05, 0) is 25.1 Å². The largest absolute Gasteiger partial charge is 0.379 e. The van der Waals surface area contributed by atoms with Crippen molar-refractivity contribution in [1.29, 1.82) is 0 Å². The molecule has 0 spiro atoms. The average molecular weight is 306 g/mol. The minimum absolute atomic E-state index is 0.599. The lowest BCUT2D eigenvalue weighted by molar-refractivity contribution is 0.0453. The molecule has 2 aromatic rings. The van der Waals surface area contributed by atoms with Crippen LogP contribution in [0.15, 0.2) is 29.6 Å². The van der Waals surface area contributed by atoms with Crippen molar-refractivity contribution in [3.05, 3.63) is 40.9 Å². The molecule has 0 unspecified atom stereocenters. The first-order valence-corrected chi connectivity index (χ1v) is 8.10. The summed E-state index contributed by atoms with van der Waals surface area (Å²) in [5.74, 6) is 0. The zero-order valence-corrected chi connectivity index (χ0v) is 13.2. The molecule has 0 saturated carbocycles. The Morgan fingerprint density at radius 3 is 2.90 bits per heavy atom. The number of benzene rings is 1. The van der Waals surface area contributed by atoms with E-state index in [0.29, 0.717) is 26.4 Å². The molecule has 2 N–H and O–H groups in total. The van der Waals surface area contributed by atoms with Crippen molar-refractivity contribution < 1.29 is 9.47 Å². The number of hydrogen-bond donors (Lipinski definition) is 1. The van der Waals surface area contributed by atoms with Crippen molar-refractivity contribution in [2.24, 2.45) is 5.73 Å². The van der Waals surface area contributed by atoms with Gasteiger partial charge in [0, 0.05) is 24.0 Å².